The maximum atomic E-state index is 12.6. The zero-order valence-corrected chi connectivity index (χ0v) is 14.5. The number of nitrogens with zero attached hydrogens (tertiary/aromatic N) is 5. The summed E-state index contributed by atoms with van der Waals surface area (Å²) in [6, 6.07) is 3.28. The van der Waals surface area contributed by atoms with Gasteiger partial charge in [-0.2, -0.15) is 0 Å². The van der Waals surface area contributed by atoms with E-state index in [1.165, 1.54) is 4.57 Å². The van der Waals surface area contributed by atoms with Gasteiger partial charge in [0.1, 0.15) is 5.69 Å². The monoisotopic (exact) mass is 353 g/mol. The van der Waals surface area contributed by atoms with Crippen LogP contribution in [-0.4, -0.2) is 16.1 Å². The van der Waals surface area contributed by atoms with E-state index < -0.39 is 0 Å². The van der Waals surface area contributed by atoms with Crippen LogP contribution in [0.15, 0.2) is 22.0 Å². The van der Waals surface area contributed by atoms with Gasteiger partial charge in [0.2, 0.25) is 0 Å². The second-order valence-electron chi connectivity index (χ2n) is 5.37. The summed E-state index contributed by atoms with van der Waals surface area (Å²) in [4.78, 5) is 19.9. The molecule has 122 valence electrons. The van der Waals surface area contributed by atoms with Crippen molar-refractivity contribution in [3.8, 4) is 0 Å². The first kappa shape index (κ1) is 17.6. The normalized spacial score (nSPS) is 12.2. The smallest absolute Gasteiger partial charge is 0.272 e. The van der Waals surface area contributed by atoms with Crippen molar-refractivity contribution in [2.45, 2.75) is 32.1 Å². The van der Waals surface area contributed by atoms with Gasteiger partial charge in [0.25, 0.3) is 5.56 Å². The molecular weight excluding hydrogens is 337 g/mol. The standard InChI is InChI=1S/C15H17Cl2N5O/c1-3-4-5-9(8-19-21-18)14-15(23)22(2)13-7-11(17)10(16)6-12(13)20-14/h6-7,9H,3-5,8H2,1-2H3/t9-/m1/s1. The summed E-state index contributed by atoms with van der Waals surface area (Å²) < 4.78 is 1.51. The van der Waals surface area contributed by atoms with E-state index >= 15 is 0 Å². The van der Waals surface area contributed by atoms with Gasteiger partial charge in [0.05, 0.1) is 21.1 Å². The topological polar surface area (TPSA) is 83.7 Å². The highest BCUT2D eigenvalue weighted by atomic mass is 35.5. The first-order valence-corrected chi connectivity index (χ1v) is 8.11. The van der Waals surface area contributed by atoms with Gasteiger partial charge < -0.3 is 4.57 Å². The van der Waals surface area contributed by atoms with Crippen molar-refractivity contribution in [2.75, 3.05) is 6.54 Å². The van der Waals surface area contributed by atoms with Crippen molar-refractivity contribution in [3.05, 3.63) is 48.7 Å². The fraction of sp³-hybridized carbons (Fsp3) is 0.467. The van der Waals surface area contributed by atoms with Gasteiger partial charge >= 0.3 is 0 Å². The summed E-state index contributed by atoms with van der Waals surface area (Å²) in [5.74, 6) is -0.205. The Morgan fingerprint density at radius 3 is 2.74 bits per heavy atom. The Morgan fingerprint density at radius 1 is 1.39 bits per heavy atom. The third-order valence-electron chi connectivity index (χ3n) is 3.80. The number of rotatable bonds is 6. The average molecular weight is 354 g/mol. The Labute approximate surface area is 143 Å². The quantitative estimate of drug-likeness (QED) is 0.423. The van der Waals surface area contributed by atoms with Crippen molar-refractivity contribution in [1.82, 2.24) is 9.55 Å². The molecule has 0 amide bonds. The lowest BCUT2D eigenvalue weighted by molar-refractivity contribution is 0.570. The van der Waals surface area contributed by atoms with Gasteiger partial charge in [-0.05, 0) is 24.1 Å². The Bertz CT molecular complexity index is 827. The fourth-order valence-electron chi connectivity index (χ4n) is 2.51. The lowest BCUT2D eigenvalue weighted by atomic mass is 9.98. The van der Waals surface area contributed by atoms with E-state index in [1.807, 2.05) is 0 Å². The van der Waals surface area contributed by atoms with E-state index in [2.05, 4.69) is 21.9 Å². The van der Waals surface area contributed by atoms with Crippen molar-refractivity contribution >= 4 is 34.2 Å². The number of hydrogen-bond donors (Lipinski definition) is 0. The molecule has 1 heterocycles. The molecule has 0 N–H and O–H groups in total. The van der Waals surface area contributed by atoms with E-state index in [0.717, 1.165) is 19.3 Å². The second-order valence-corrected chi connectivity index (χ2v) is 6.18. The summed E-state index contributed by atoms with van der Waals surface area (Å²) >= 11 is 12.1. The van der Waals surface area contributed by atoms with Crippen LogP contribution in [-0.2, 0) is 7.05 Å². The molecule has 6 nitrogen and oxygen atoms in total. The molecule has 0 bridgehead atoms. The van der Waals surface area contributed by atoms with Gasteiger partial charge in [-0.1, -0.05) is 48.1 Å². The molecule has 23 heavy (non-hydrogen) atoms. The molecule has 8 heteroatoms. The molecule has 2 aromatic rings. The lowest BCUT2D eigenvalue weighted by Gasteiger charge is -2.16. The highest BCUT2D eigenvalue weighted by molar-refractivity contribution is 6.42. The highest BCUT2D eigenvalue weighted by Gasteiger charge is 2.19. The summed E-state index contributed by atoms with van der Waals surface area (Å²) in [5.41, 5.74) is 9.98. The van der Waals surface area contributed by atoms with Gasteiger partial charge in [-0.3, -0.25) is 4.79 Å². The second kappa shape index (κ2) is 7.68. The van der Waals surface area contributed by atoms with Gasteiger partial charge in [0.15, 0.2) is 0 Å². The molecule has 0 saturated carbocycles. The Morgan fingerprint density at radius 2 is 2.09 bits per heavy atom. The molecule has 0 aliphatic rings. The van der Waals surface area contributed by atoms with Crippen molar-refractivity contribution in [3.63, 3.8) is 0 Å². The molecular formula is C15H17Cl2N5O. The number of aryl methyl sites for hydroxylation is 1. The third kappa shape index (κ3) is 3.78. The molecule has 1 aromatic carbocycles. The van der Waals surface area contributed by atoms with Crippen LogP contribution in [0.5, 0.6) is 0 Å². The Hall–Kier alpha value is -1.75. The number of fused-ring (bicyclic) bond motifs is 1. The molecule has 0 saturated heterocycles. The average Bonchev–Trinajstić information content (AvgIpc) is 2.53. The van der Waals surface area contributed by atoms with Gasteiger partial charge in [-0.25, -0.2) is 4.98 Å². The fourth-order valence-corrected chi connectivity index (χ4v) is 2.82. The maximum absolute atomic E-state index is 12.6. The first-order valence-electron chi connectivity index (χ1n) is 7.36. The van der Waals surface area contributed by atoms with Crippen LogP contribution in [0, 0.1) is 0 Å². The number of unbranched alkanes of at least 4 members (excludes halogenated alkanes) is 1. The Balaban J connectivity index is 2.62. The van der Waals surface area contributed by atoms with E-state index in [1.54, 1.807) is 19.2 Å². The molecule has 0 spiro atoms. The summed E-state index contributed by atoms with van der Waals surface area (Å²) in [5, 5.41) is 4.39. The molecule has 0 fully saturated rings. The predicted molar refractivity (Wildman–Crippen MR) is 93.3 cm³/mol. The number of aromatic nitrogens is 2. The molecule has 0 unspecified atom stereocenters. The minimum absolute atomic E-state index is 0.204. The molecule has 1 aromatic heterocycles. The van der Waals surface area contributed by atoms with Crippen molar-refractivity contribution in [2.24, 2.45) is 12.2 Å². The van der Waals surface area contributed by atoms with Crippen molar-refractivity contribution < 1.29 is 0 Å². The number of benzene rings is 1. The highest BCUT2D eigenvalue weighted by Crippen LogP contribution is 2.27. The molecule has 1 atom stereocenters. The predicted octanol–water partition coefficient (Wildman–Crippen LogP) is 4.82. The van der Waals surface area contributed by atoms with Crippen LogP contribution in [0.2, 0.25) is 10.0 Å². The number of hydrogen-bond acceptors (Lipinski definition) is 3. The lowest BCUT2D eigenvalue weighted by Crippen LogP contribution is -2.26. The zero-order valence-electron chi connectivity index (χ0n) is 13.0. The van der Waals surface area contributed by atoms with Crippen LogP contribution in [0.1, 0.15) is 37.8 Å². The van der Waals surface area contributed by atoms with E-state index in [4.69, 9.17) is 28.7 Å². The largest absolute Gasteiger partial charge is 0.308 e. The van der Waals surface area contributed by atoms with Crippen LogP contribution >= 0.6 is 23.2 Å². The minimum atomic E-state index is -0.205. The SMILES string of the molecule is CCCC[C@H](CN=[N+]=[N-])c1nc2cc(Cl)c(Cl)cc2n(C)c1=O. The summed E-state index contributed by atoms with van der Waals surface area (Å²) in [6.45, 7) is 2.28. The zero-order chi connectivity index (χ0) is 17.0. The van der Waals surface area contributed by atoms with E-state index in [0.29, 0.717) is 26.8 Å². The molecule has 0 radical (unpaired) electrons. The van der Waals surface area contributed by atoms with Gasteiger partial charge in [0, 0.05) is 24.4 Å². The first-order chi connectivity index (χ1) is 11.0. The summed E-state index contributed by atoms with van der Waals surface area (Å²) in [6.07, 6.45) is 2.66. The third-order valence-corrected chi connectivity index (χ3v) is 4.52. The van der Waals surface area contributed by atoms with Crippen LogP contribution in [0.25, 0.3) is 21.5 Å². The van der Waals surface area contributed by atoms with E-state index in [-0.39, 0.29) is 18.0 Å². The van der Waals surface area contributed by atoms with E-state index in [9.17, 15) is 4.79 Å². The van der Waals surface area contributed by atoms with Crippen LogP contribution < -0.4 is 5.56 Å². The number of halogens is 2. The number of azide groups is 1. The molecule has 0 aliphatic carbocycles. The van der Waals surface area contributed by atoms with Gasteiger partial charge in [-0.15, -0.1) is 0 Å². The molecule has 2 rings (SSSR count). The van der Waals surface area contributed by atoms with Crippen LogP contribution in [0.3, 0.4) is 0 Å². The maximum Gasteiger partial charge on any atom is 0.272 e. The Kier molecular flexibility index (Phi) is 5.88. The summed E-state index contributed by atoms with van der Waals surface area (Å²) in [7, 11) is 1.67. The molecule has 0 aliphatic heterocycles. The van der Waals surface area contributed by atoms with Crippen LogP contribution in [0.4, 0.5) is 0 Å². The van der Waals surface area contributed by atoms with Crippen molar-refractivity contribution in [1.29, 1.82) is 0 Å². The minimum Gasteiger partial charge on any atom is -0.308 e.